The highest BCUT2D eigenvalue weighted by Gasteiger charge is 2.41. The minimum atomic E-state index is -0.561. The number of rotatable bonds is 3. The van der Waals surface area contributed by atoms with Gasteiger partial charge in [0.25, 0.3) is 5.91 Å². The summed E-state index contributed by atoms with van der Waals surface area (Å²) < 4.78 is 19.0. The van der Waals surface area contributed by atoms with E-state index in [1.54, 1.807) is 0 Å². The Balaban J connectivity index is 1.72. The van der Waals surface area contributed by atoms with E-state index in [1.165, 1.54) is 31.0 Å². The van der Waals surface area contributed by atoms with Crippen molar-refractivity contribution >= 4 is 11.6 Å². The van der Waals surface area contributed by atoms with Gasteiger partial charge in [-0.05, 0) is 37.3 Å². The van der Waals surface area contributed by atoms with E-state index in [0.717, 1.165) is 6.42 Å². The molecule has 0 radical (unpaired) electrons. The van der Waals surface area contributed by atoms with E-state index in [4.69, 9.17) is 10.5 Å². The summed E-state index contributed by atoms with van der Waals surface area (Å²) in [5, 5.41) is 2.92. The molecule has 1 aliphatic carbocycles. The second-order valence-corrected chi connectivity index (χ2v) is 5.24. The summed E-state index contributed by atoms with van der Waals surface area (Å²) in [6.45, 7) is 0.671. The van der Waals surface area contributed by atoms with Crippen molar-refractivity contribution in [3.05, 3.63) is 29.6 Å². The van der Waals surface area contributed by atoms with Crippen LogP contribution in [0.5, 0.6) is 0 Å². The van der Waals surface area contributed by atoms with Gasteiger partial charge in [-0.15, -0.1) is 0 Å². The normalized spacial score (nSPS) is 26.4. The van der Waals surface area contributed by atoms with Crippen molar-refractivity contribution in [1.82, 2.24) is 5.32 Å². The van der Waals surface area contributed by atoms with Gasteiger partial charge in [0.05, 0.1) is 23.4 Å². The van der Waals surface area contributed by atoms with E-state index < -0.39 is 5.82 Å². The molecule has 2 aliphatic rings. The number of anilines is 1. The SMILES string of the molecule is Nc1c(F)cccc1C(=O)NC1CCOC1C1CC1. The first kappa shape index (κ1) is 12.4. The van der Waals surface area contributed by atoms with E-state index >= 15 is 0 Å². The Morgan fingerprint density at radius 3 is 2.89 bits per heavy atom. The minimum Gasteiger partial charge on any atom is -0.396 e. The number of nitrogens with one attached hydrogen (secondary N) is 1. The van der Waals surface area contributed by atoms with Crippen LogP contribution in [0.2, 0.25) is 0 Å². The molecule has 0 spiro atoms. The number of halogens is 1. The van der Waals surface area contributed by atoms with Crippen molar-refractivity contribution in [2.45, 2.75) is 31.4 Å². The number of carbonyl (C=O) groups excluding carboxylic acids is 1. The molecule has 1 heterocycles. The fourth-order valence-electron chi connectivity index (χ4n) is 2.64. The van der Waals surface area contributed by atoms with E-state index in [9.17, 15) is 9.18 Å². The van der Waals surface area contributed by atoms with Crippen LogP contribution in [0.25, 0.3) is 0 Å². The van der Waals surface area contributed by atoms with Crippen LogP contribution in [0.15, 0.2) is 18.2 Å². The lowest BCUT2D eigenvalue weighted by atomic mass is 10.1. The predicted molar refractivity (Wildman–Crippen MR) is 69.1 cm³/mol. The largest absolute Gasteiger partial charge is 0.396 e. The topological polar surface area (TPSA) is 64.4 Å². The molecule has 2 unspecified atom stereocenters. The molecule has 3 rings (SSSR count). The fraction of sp³-hybridized carbons (Fsp3) is 0.500. The molecule has 1 amide bonds. The van der Waals surface area contributed by atoms with Crippen molar-refractivity contribution in [2.75, 3.05) is 12.3 Å². The molecule has 1 aliphatic heterocycles. The Hall–Kier alpha value is -1.62. The quantitative estimate of drug-likeness (QED) is 0.817. The third-order valence-corrected chi connectivity index (χ3v) is 3.84. The first-order chi connectivity index (χ1) is 9.16. The van der Waals surface area contributed by atoms with Gasteiger partial charge < -0.3 is 15.8 Å². The van der Waals surface area contributed by atoms with Gasteiger partial charge in [0, 0.05) is 6.61 Å². The van der Waals surface area contributed by atoms with Gasteiger partial charge in [-0.2, -0.15) is 0 Å². The van der Waals surface area contributed by atoms with Gasteiger partial charge in [-0.3, -0.25) is 4.79 Å². The van der Waals surface area contributed by atoms with E-state index in [2.05, 4.69) is 5.32 Å². The Morgan fingerprint density at radius 2 is 2.16 bits per heavy atom. The zero-order valence-corrected chi connectivity index (χ0v) is 10.6. The van der Waals surface area contributed by atoms with Crippen molar-refractivity contribution in [3.8, 4) is 0 Å². The smallest absolute Gasteiger partial charge is 0.253 e. The molecule has 3 N–H and O–H groups in total. The zero-order chi connectivity index (χ0) is 13.4. The van der Waals surface area contributed by atoms with Crippen LogP contribution < -0.4 is 11.1 Å². The predicted octanol–water partition coefficient (Wildman–Crippen LogP) is 1.71. The third-order valence-electron chi connectivity index (χ3n) is 3.84. The maximum absolute atomic E-state index is 13.3. The summed E-state index contributed by atoms with van der Waals surface area (Å²) in [5.41, 5.74) is 5.70. The van der Waals surface area contributed by atoms with Crippen molar-refractivity contribution in [2.24, 2.45) is 5.92 Å². The van der Waals surface area contributed by atoms with E-state index in [1.807, 2.05) is 0 Å². The molecule has 102 valence electrons. The number of nitrogens with two attached hydrogens (primary N) is 1. The van der Waals surface area contributed by atoms with Gasteiger partial charge >= 0.3 is 0 Å². The maximum Gasteiger partial charge on any atom is 0.253 e. The van der Waals surface area contributed by atoms with E-state index in [-0.39, 0.29) is 29.3 Å². The molecule has 0 aromatic heterocycles. The van der Waals surface area contributed by atoms with Gasteiger partial charge in [0.2, 0.25) is 0 Å². The highest BCUT2D eigenvalue weighted by molar-refractivity contribution is 5.99. The molecule has 1 aromatic carbocycles. The maximum atomic E-state index is 13.3. The Labute approximate surface area is 111 Å². The number of carbonyl (C=O) groups is 1. The number of amides is 1. The van der Waals surface area contributed by atoms with Crippen molar-refractivity contribution < 1.29 is 13.9 Å². The molecule has 2 fully saturated rings. The van der Waals surface area contributed by atoms with Gasteiger partial charge in [0.15, 0.2) is 0 Å². The van der Waals surface area contributed by atoms with Gasteiger partial charge in [-0.25, -0.2) is 4.39 Å². The fourth-order valence-corrected chi connectivity index (χ4v) is 2.64. The van der Waals surface area contributed by atoms with Crippen LogP contribution in [0.1, 0.15) is 29.6 Å². The summed E-state index contributed by atoms with van der Waals surface area (Å²) in [6.07, 6.45) is 3.25. The Morgan fingerprint density at radius 1 is 1.37 bits per heavy atom. The van der Waals surface area contributed by atoms with Crippen LogP contribution in [0, 0.1) is 11.7 Å². The van der Waals surface area contributed by atoms with Crippen molar-refractivity contribution in [1.29, 1.82) is 0 Å². The van der Waals surface area contributed by atoms with Crippen molar-refractivity contribution in [3.63, 3.8) is 0 Å². The standard InChI is InChI=1S/C14H17FN2O2/c15-10-3-1-2-9(12(10)16)14(18)17-11-6-7-19-13(11)8-4-5-8/h1-3,8,11,13H,4-7,16H2,(H,17,18). The Kier molecular flexibility index (Phi) is 3.14. The number of nitrogen functional groups attached to an aromatic ring is 1. The second kappa shape index (κ2) is 4.81. The number of hydrogen-bond donors (Lipinski definition) is 2. The zero-order valence-electron chi connectivity index (χ0n) is 10.6. The van der Waals surface area contributed by atoms with Crippen LogP contribution in [0.4, 0.5) is 10.1 Å². The minimum absolute atomic E-state index is 0.0164. The highest BCUT2D eigenvalue weighted by Crippen LogP contribution is 2.38. The molecule has 4 nitrogen and oxygen atoms in total. The number of hydrogen-bond acceptors (Lipinski definition) is 3. The first-order valence-corrected chi connectivity index (χ1v) is 6.63. The highest BCUT2D eigenvalue weighted by atomic mass is 19.1. The molecule has 19 heavy (non-hydrogen) atoms. The molecular weight excluding hydrogens is 247 g/mol. The Bertz CT molecular complexity index is 502. The van der Waals surface area contributed by atoms with Gasteiger partial charge in [-0.1, -0.05) is 6.07 Å². The second-order valence-electron chi connectivity index (χ2n) is 5.24. The third kappa shape index (κ3) is 2.42. The molecule has 5 heteroatoms. The van der Waals surface area contributed by atoms with E-state index in [0.29, 0.717) is 12.5 Å². The molecule has 1 aromatic rings. The molecular formula is C14H17FN2O2. The monoisotopic (exact) mass is 264 g/mol. The van der Waals surface area contributed by atoms with Crippen LogP contribution in [-0.4, -0.2) is 24.7 Å². The lowest BCUT2D eigenvalue weighted by Crippen LogP contribution is -2.41. The number of para-hydroxylation sites is 1. The van der Waals surface area contributed by atoms with Crippen LogP contribution in [0.3, 0.4) is 0 Å². The van der Waals surface area contributed by atoms with Crippen LogP contribution in [-0.2, 0) is 4.74 Å². The molecule has 1 saturated carbocycles. The summed E-state index contributed by atoms with van der Waals surface area (Å²) in [5.74, 6) is -0.315. The average Bonchev–Trinajstić information content (AvgIpc) is 3.13. The van der Waals surface area contributed by atoms with Gasteiger partial charge in [0.1, 0.15) is 5.82 Å². The summed E-state index contributed by atoms with van der Waals surface area (Å²) >= 11 is 0. The average molecular weight is 264 g/mol. The molecule has 1 saturated heterocycles. The lowest BCUT2D eigenvalue weighted by molar-refractivity contribution is 0.0730. The summed E-state index contributed by atoms with van der Waals surface area (Å²) in [6, 6.07) is 4.29. The van der Waals surface area contributed by atoms with Crippen LogP contribution >= 0.6 is 0 Å². The first-order valence-electron chi connectivity index (χ1n) is 6.63. The molecule has 0 bridgehead atoms. The molecule has 2 atom stereocenters. The lowest BCUT2D eigenvalue weighted by Gasteiger charge is -2.19. The number of benzene rings is 1. The summed E-state index contributed by atoms with van der Waals surface area (Å²) in [7, 11) is 0. The number of ether oxygens (including phenoxy) is 1. The summed E-state index contributed by atoms with van der Waals surface area (Å²) in [4.78, 5) is 12.1.